The van der Waals surface area contributed by atoms with Gasteiger partial charge in [-0.3, -0.25) is 10.1 Å². The van der Waals surface area contributed by atoms with Gasteiger partial charge in [0.05, 0.1) is 11.8 Å². The Balaban J connectivity index is 2.36. The van der Waals surface area contributed by atoms with Crippen molar-refractivity contribution in [1.29, 1.82) is 0 Å². The molecule has 7 heteroatoms. The lowest BCUT2D eigenvalue weighted by atomic mass is 10.1. The molecule has 1 saturated heterocycles. The van der Waals surface area contributed by atoms with Gasteiger partial charge in [-0.05, 0) is 19.9 Å². The summed E-state index contributed by atoms with van der Waals surface area (Å²) < 4.78 is 36.9. The molecule has 1 fully saturated rings. The highest BCUT2D eigenvalue weighted by Crippen LogP contribution is 2.29. The van der Waals surface area contributed by atoms with Gasteiger partial charge in [-0.2, -0.15) is 0 Å². The minimum absolute atomic E-state index is 0.155. The van der Waals surface area contributed by atoms with Crippen LogP contribution in [0, 0.1) is 5.82 Å². The summed E-state index contributed by atoms with van der Waals surface area (Å²) in [6.45, 7) is 3.34. The van der Waals surface area contributed by atoms with Gasteiger partial charge in [-0.25, -0.2) is 12.8 Å². The first-order chi connectivity index (χ1) is 9.70. The lowest BCUT2D eigenvalue weighted by molar-refractivity contribution is -0.131. The van der Waals surface area contributed by atoms with Crippen LogP contribution in [0.25, 0.3) is 0 Å². The first-order valence-corrected chi connectivity index (χ1v) is 8.77. The summed E-state index contributed by atoms with van der Waals surface area (Å²) in [5.41, 5.74) is 0.343. The molecule has 1 aromatic carbocycles. The second-order valence-electron chi connectivity index (χ2n) is 5.50. The van der Waals surface area contributed by atoms with Crippen LogP contribution in [0.4, 0.5) is 4.39 Å². The maximum absolute atomic E-state index is 14.0. The lowest BCUT2D eigenvalue weighted by Gasteiger charge is -2.30. The third-order valence-electron chi connectivity index (χ3n) is 3.53. The van der Waals surface area contributed by atoms with Gasteiger partial charge in [0.2, 0.25) is 5.91 Å². The number of carbonyl (C=O) groups excluding carboxylic acids is 1. The van der Waals surface area contributed by atoms with Crippen LogP contribution in [0.15, 0.2) is 24.3 Å². The van der Waals surface area contributed by atoms with Crippen LogP contribution in [0.5, 0.6) is 0 Å². The summed E-state index contributed by atoms with van der Waals surface area (Å²) in [4.78, 5) is 13.7. The summed E-state index contributed by atoms with van der Waals surface area (Å²) in [7, 11) is -3.23. The smallest absolute Gasteiger partial charge is 0.241 e. The number of nitrogens with one attached hydrogen (secondary N) is 1. The summed E-state index contributed by atoms with van der Waals surface area (Å²) in [6.07, 6.45) is 0.476. The number of rotatable bonds is 4. The van der Waals surface area contributed by atoms with Crippen LogP contribution in [0.1, 0.15) is 25.6 Å². The molecule has 1 aliphatic rings. The Kier molecular flexibility index (Phi) is 4.34. The Morgan fingerprint density at radius 2 is 2.00 bits per heavy atom. The van der Waals surface area contributed by atoms with Crippen molar-refractivity contribution in [3.8, 4) is 0 Å². The van der Waals surface area contributed by atoms with Crippen molar-refractivity contribution in [3.05, 3.63) is 35.6 Å². The Hall–Kier alpha value is -1.47. The molecule has 1 heterocycles. The molecule has 1 amide bonds. The molecular formula is C14H19FN2O3S. The molecule has 0 aliphatic carbocycles. The number of nitrogens with zero attached hydrogens (tertiary/aromatic N) is 1. The predicted molar refractivity (Wildman–Crippen MR) is 77.8 cm³/mol. The Morgan fingerprint density at radius 1 is 1.38 bits per heavy atom. The fourth-order valence-corrected chi connectivity index (χ4v) is 3.70. The molecule has 21 heavy (non-hydrogen) atoms. The normalized spacial score (nSPS) is 24.4. The standard InChI is InChI=1S/C14H19FN2O3S/c1-9(8-21(3,19)20)17-13(16-10(2)14(17)18)11-6-4-5-7-12(11)15/h4-7,9-10,13,16H,8H2,1-3H3. The van der Waals surface area contributed by atoms with Crippen LogP contribution >= 0.6 is 0 Å². The van der Waals surface area contributed by atoms with E-state index < -0.39 is 33.9 Å². The van der Waals surface area contributed by atoms with Crippen molar-refractivity contribution >= 4 is 15.7 Å². The molecule has 0 bridgehead atoms. The lowest BCUT2D eigenvalue weighted by Crippen LogP contribution is -2.42. The zero-order valence-electron chi connectivity index (χ0n) is 12.2. The van der Waals surface area contributed by atoms with Gasteiger partial charge >= 0.3 is 0 Å². The molecule has 0 saturated carbocycles. The molecule has 3 atom stereocenters. The summed E-state index contributed by atoms with van der Waals surface area (Å²) in [6, 6.07) is 5.17. The average molecular weight is 314 g/mol. The number of hydrogen-bond acceptors (Lipinski definition) is 4. The van der Waals surface area contributed by atoms with Crippen LogP contribution in [0.2, 0.25) is 0 Å². The van der Waals surface area contributed by atoms with E-state index >= 15 is 0 Å². The van der Waals surface area contributed by atoms with Crippen molar-refractivity contribution in [3.63, 3.8) is 0 Å². The van der Waals surface area contributed by atoms with E-state index in [2.05, 4.69) is 5.32 Å². The number of amides is 1. The van der Waals surface area contributed by atoms with Crippen LogP contribution in [-0.2, 0) is 14.6 Å². The van der Waals surface area contributed by atoms with Gasteiger partial charge < -0.3 is 4.90 Å². The minimum atomic E-state index is -3.23. The van der Waals surface area contributed by atoms with E-state index in [4.69, 9.17) is 0 Å². The number of carbonyl (C=O) groups is 1. The highest BCUT2D eigenvalue weighted by Gasteiger charge is 2.41. The predicted octanol–water partition coefficient (Wildman–Crippen LogP) is 1.08. The molecule has 1 aromatic rings. The summed E-state index contributed by atoms with van der Waals surface area (Å²) >= 11 is 0. The second-order valence-corrected chi connectivity index (χ2v) is 7.68. The average Bonchev–Trinajstić information content (AvgIpc) is 2.64. The van der Waals surface area contributed by atoms with Crippen molar-refractivity contribution in [2.75, 3.05) is 12.0 Å². The van der Waals surface area contributed by atoms with E-state index in [1.54, 1.807) is 32.0 Å². The monoisotopic (exact) mass is 314 g/mol. The molecule has 5 nitrogen and oxygen atoms in total. The van der Waals surface area contributed by atoms with Crippen molar-refractivity contribution in [2.45, 2.75) is 32.1 Å². The first kappa shape index (κ1) is 15.9. The van der Waals surface area contributed by atoms with Crippen LogP contribution in [-0.4, -0.2) is 43.3 Å². The van der Waals surface area contributed by atoms with Crippen molar-refractivity contribution < 1.29 is 17.6 Å². The van der Waals surface area contributed by atoms with E-state index in [-0.39, 0.29) is 11.7 Å². The zero-order valence-corrected chi connectivity index (χ0v) is 13.0. The van der Waals surface area contributed by atoms with E-state index in [1.807, 2.05) is 0 Å². The van der Waals surface area contributed by atoms with Crippen LogP contribution < -0.4 is 5.32 Å². The van der Waals surface area contributed by atoms with Gasteiger partial charge in [-0.1, -0.05) is 18.2 Å². The molecule has 116 valence electrons. The Morgan fingerprint density at radius 3 is 2.57 bits per heavy atom. The minimum Gasteiger partial charge on any atom is -0.318 e. The quantitative estimate of drug-likeness (QED) is 0.903. The second kappa shape index (κ2) is 5.73. The maximum atomic E-state index is 14.0. The Bertz CT molecular complexity index is 647. The number of hydrogen-bond donors (Lipinski definition) is 1. The fraction of sp³-hybridized carbons (Fsp3) is 0.500. The van der Waals surface area contributed by atoms with E-state index in [9.17, 15) is 17.6 Å². The van der Waals surface area contributed by atoms with Gasteiger partial charge in [0.25, 0.3) is 0 Å². The molecular weight excluding hydrogens is 295 g/mol. The molecule has 0 spiro atoms. The largest absolute Gasteiger partial charge is 0.318 e. The van der Waals surface area contributed by atoms with Crippen LogP contribution in [0.3, 0.4) is 0 Å². The van der Waals surface area contributed by atoms with Crippen molar-refractivity contribution in [1.82, 2.24) is 10.2 Å². The SMILES string of the molecule is CC1NC(c2ccccc2F)N(C(C)CS(C)(=O)=O)C1=O. The highest BCUT2D eigenvalue weighted by atomic mass is 32.2. The van der Waals surface area contributed by atoms with E-state index in [0.717, 1.165) is 6.26 Å². The molecule has 0 radical (unpaired) electrons. The number of halogens is 1. The number of sulfone groups is 1. The topological polar surface area (TPSA) is 66.5 Å². The third kappa shape index (κ3) is 3.41. The third-order valence-corrected chi connectivity index (χ3v) is 4.62. The molecule has 1 N–H and O–H groups in total. The van der Waals surface area contributed by atoms with E-state index in [0.29, 0.717) is 5.56 Å². The first-order valence-electron chi connectivity index (χ1n) is 6.71. The maximum Gasteiger partial charge on any atom is 0.241 e. The van der Waals surface area contributed by atoms with Gasteiger partial charge in [0.15, 0.2) is 0 Å². The number of benzene rings is 1. The summed E-state index contributed by atoms with van der Waals surface area (Å²) in [5, 5.41) is 3.02. The van der Waals surface area contributed by atoms with Gasteiger partial charge in [-0.15, -0.1) is 0 Å². The van der Waals surface area contributed by atoms with Crippen molar-refractivity contribution in [2.24, 2.45) is 0 Å². The highest BCUT2D eigenvalue weighted by molar-refractivity contribution is 7.90. The molecule has 1 aliphatic heterocycles. The van der Waals surface area contributed by atoms with Gasteiger partial charge in [0.1, 0.15) is 21.8 Å². The zero-order chi connectivity index (χ0) is 15.8. The molecule has 0 aromatic heterocycles. The van der Waals surface area contributed by atoms with E-state index in [1.165, 1.54) is 11.0 Å². The fourth-order valence-electron chi connectivity index (χ4n) is 2.67. The summed E-state index contributed by atoms with van der Waals surface area (Å²) in [5.74, 6) is -0.800. The molecule has 3 unspecified atom stereocenters. The van der Waals surface area contributed by atoms with Gasteiger partial charge in [0, 0.05) is 17.9 Å². The Labute approximate surface area is 124 Å². The molecule has 2 rings (SSSR count).